The molecule has 1 atom stereocenters. The van der Waals surface area contributed by atoms with Crippen molar-refractivity contribution in [3.8, 4) is 5.75 Å². The van der Waals surface area contributed by atoms with Gasteiger partial charge >= 0.3 is 0 Å². The molecule has 2 nitrogen and oxygen atoms in total. The standard InChI is InChI=1S/C18H31NO/c1-5-13-19-18(12-7-15(3)4)16-8-10-17(11-9-16)20-14-6-2/h8-11,15,18-19H,5-7,12-14H2,1-4H3. The molecule has 0 fully saturated rings. The largest absolute Gasteiger partial charge is 0.494 e. The number of ether oxygens (including phenoxy) is 1. The summed E-state index contributed by atoms with van der Waals surface area (Å²) in [4.78, 5) is 0. The minimum Gasteiger partial charge on any atom is -0.494 e. The molecule has 20 heavy (non-hydrogen) atoms. The van der Waals surface area contributed by atoms with Crippen molar-refractivity contribution in [3.63, 3.8) is 0 Å². The van der Waals surface area contributed by atoms with E-state index in [0.29, 0.717) is 6.04 Å². The molecule has 0 saturated carbocycles. The Morgan fingerprint density at radius 1 is 1.00 bits per heavy atom. The molecule has 1 unspecified atom stereocenters. The number of hydrogen-bond donors (Lipinski definition) is 1. The fourth-order valence-corrected chi connectivity index (χ4v) is 2.22. The molecule has 0 heterocycles. The zero-order valence-corrected chi connectivity index (χ0v) is 13.6. The van der Waals surface area contributed by atoms with Gasteiger partial charge in [0.15, 0.2) is 0 Å². The fraction of sp³-hybridized carbons (Fsp3) is 0.667. The average molecular weight is 277 g/mol. The molecule has 1 N–H and O–H groups in total. The van der Waals surface area contributed by atoms with Crippen LogP contribution in [0, 0.1) is 5.92 Å². The number of hydrogen-bond acceptors (Lipinski definition) is 2. The Hall–Kier alpha value is -1.02. The zero-order chi connectivity index (χ0) is 14.8. The van der Waals surface area contributed by atoms with E-state index in [-0.39, 0.29) is 0 Å². The van der Waals surface area contributed by atoms with E-state index >= 15 is 0 Å². The summed E-state index contributed by atoms with van der Waals surface area (Å²) in [6.45, 7) is 10.8. The summed E-state index contributed by atoms with van der Waals surface area (Å²) in [5, 5.41) is 3.66. The normalized spacial score (nSPS) is 12.7. The highest BCUT2D eigenvalue weighted by Gasteiger charge is 2.11. The quantitative estimate of drug-likeness (QED) is 0.653. The summed E-state index contributed by atoms with van der Waals surface area (Å²) in [6, 6.07) is 9.08. The van der Waals surface area contributed by atoms with Gasteiger partial charge < -0.3 is 10.1 Å². The topological polar surface area (TPSA) is 21.3 Å². The molecule has 1 aromatic rings. The van der Waals surface area contributed by atoms with Crippen molar-refractivity contribution in [2.24, 2.45) is 5.92 Å². The summed E-state index contributed by atoms with van der Waals surface area (Å²) in [7, 11) is 0. The van der Waals surface area contributed by atoms with E-state index in [1.807, 2.05) is 0 Å². The summed E-state index contributed by atoms with van der Waals surface area (Å²) >= 11 is 0. The SMILES string of the molecule is CCCNC(CCC(C)C)c1ccc(OCCC)cc1. The van der Waals surface area contributed by atoms with Gasteiger partial charge in [-0.2, -0.15) is 0 Å². The van der Waals surface area contributed by atoms with Crippen LogP contribution in [0.2, 0.25) is 0 Å². The highest BCUT2D eigenvalue weighted by atomic mass is 16.5. The summed E-state index contributed by atoms with van der Waals surface area (Å²) in [6.07, 6.45) is 4.69. The summed E-state index contributed by atoms with van der Waals surface area (Å²) < 4.78 is 5.65. The van der Waals surface area contributed by atoms with Crippen LogP contribution < -0.4 is 10.1 Å². The Morgan fingerprint density at radius 2 is 1.70 bits per heavy atom. The van der Waals surface area contributed by atoms with Gasteiger partial charge in [0.25, 0.3) is 0 Å². The molecule has 0 spiro atoms. The lowest BCUT2D eigenvalue weighted by Crippen LogP contribution is -2.22. The second-order valence-corrected chi connectivity index (χ2v) is 5.90. The van der Waals surface area contributed by atoms with Crippen LogP contribution in [0.4, 0.5) is 0 Å². The lowest BCUT2D eigenvalue weighted by molar-refractivity contribution is 0.317. The maximum absolute atomic E-state index is 5.65. The van der Waals surface area contributed by atoms with E-state index in [9.17, 15) is 0 Å². The van der Waals surface area contributed by atoms with Crippen molar-refractivity contribution >= 4 is 0 Å². The Kier molecular flexibility index (Phi) is 8.36. The van der Waals surface area contributed by atoms with Crippen molar-refractivity contribution in [3.05, 3.63) is 29.8 Å². The first-order valence-electron chi connectivity index (χ1n) is 8.13. The smallest absolute Gasteiger partial charge is 0.119 e. The van der Waals surface area contributed by atoms with Gasteiger partial charge in [-0.05, 0) is 55.8 Å². The highest BCUT2D eigenvalue weighted by Crippen LogP contribution is 2.23. The Labute approximate surface area is 124 Å². The molecule has 0 saturated heterocycles. The second kappa shape index (κ2) is 9.82. The van der Waals surface area contributed by atoms with Gasteiger partial charge in [0.1, 0.15) is 5.75 Å². The third kappa shape index (κ3) is 6.42. The Balaban J connectivity index is 2.63. The van der Waals surface area contributed by atoms with Gasteiger partial charge in [-0.3, -0.25) is 0 Å². The molecule has 0 bridgehead atoms. The molecule has 0 aliphatic heterocycles. The van der Waals surface area contributed by atoms with Crippen LogP contribution in [0.3, 0.4) is 0 Å². The van der Waals surface area contributed by atoms with Crippen LogP contribution in [0.25, 0.3) is 0 Å². The van der Waals surface area contributed by atoms with Gasteiger partial charge in [0.2, 0.25) is 0 Å². The Morgan fingerprint density at radius 3 is 2.25 bits per heavy atom. The lowest BCUT2D eigenvalue weighted by atomic mass is 9.97. The van der Waals surface area contributed by atoms with Crippen molar-refractivity contribution in [2.45, 2.75) is 59.4 Å². The third-order valence-corrected chi connectivity index (χ3v) is 3.43. The first kappa shape index (κ1) is 17.0. The average Bonchev–Trinajstić information content (AvgIpc) is 2.46. The number of rotatable bonds is 10. The minimum absolute atomic E-state index is 0.470. The van der Waals surface area contributed by atoms with Crippen LogP contribution in [-0.4, -0.2) is 13.2 Å². The van der Waals surface area contributed by atoms with Crippen LogP contribution in [0.15, 0.2) is 24.3 Å². The molecule has 114 valence electrons. The molecule has 1 aromatic carbocycles. The van der Waals surface area contributed by atoms with E-state index in [0.717, 1.165) is 31.2 Å². The Bertz CT molecular complexity index is 345. The van der Waals surface area contributed by atoms with Gasteiger partial charge in [0, 0.05) is 6.04 Å². The van der Waals surface area contributed by atoms with Crippen molar-refractivity contribution in [1.29, 1.82) is 0 Å². The van der Waals surface area contributed by atoms with Crippen LogP contribution >= 0.6 is 0 Å². The van der Waals surface area contributed by atoms with Crippen molar-refractivity contribution in [1.82, 2.24) is 5.32 Å². The second-order valence-electron chi connectivity index (χ2n) is 5.90. The first-order valence-corrected chi connectivity index (χ1v) is 8.13. The minimum atomic E-state index is 0.470. The van der Waals surface area contributed by atoms with Gasteiger partial charge in [-0.15, -0.1) is 0 Å². The molecule has 0 radical (unpaired) electrons. The lowest BCUT2D eigenvalue weighted by Gasteiger charge is -2.20. The summed E-state index contributed by atoms with van der Waals surface area (Å²) in [5.41, 5.74) is 1.38. The van der Waals surface area contributed by atoms with Gasteiger partial charge in [0.05, 0.1) is 6.61 Å². The molecule has 2 heteroatoms. The van der Waals surface area contributed by atoms with E-state index in [4.69, 9.17) is 4.74 Å². The van der Waals surface area contributed by atoms with Crippen molar-refractivity contribution in [2.75, 3.05) is 13.2 Å². The maximum atomic E-state index is 5.65. The molecule has 0 aliphatic rings. The maximum Gasteiger partial charge on any atom is 0.119 e. The van der Waals surface area contributed by atoms with Crippen LogP contribution in [0.5, 0.6) is 5.75 Å². The van der Waals surface area contributed by atoms with E-state index in [1.165, 1.54) is 24.8 Å². The molecule has 0 aromatic heterocycles. The zero-order valence-electron chi connectivity index (χ0n) is 13.6. The third-order valence-electron chi connectivity index (χ3n) is 3.43. The predicted molar refractivity (Wildman–Crippen MR) is 87.3 cm³/mol. The molecule has 0 amide bonds. The molecular formula is C18H31NO. The highest BCUT2D eigenvalue weighted by molar-refractivity contribution is 5.29. The van der Waals surface area contributed by atoms with E-state index in [2.05, 4.69) is 57.3 Å². The fourth-order valence-electron chi connectivity index (χ4n) is 2.22. The molecule has 1 rings (SSSR count). The molecular weight excluding hydrogens is 246 g/mol. The van der Waals surface area contributed by atoms with Crippen LogP contribution in [0.1, 0.15) is 65.0 Å². The van der Waals surface area contributed by atoms with Gasteiger partial charge in [-0.1, -0.05) is 39.8 Å². The molecule has 0 aliphatic carbocycles. The van der Waals surface area contributed by atoms with Crippen molar-refractivity contribution < 1.29 is 4.74 Å². The van der Waals surface area contributed by atoms with Crippen LogP contribution in [-0.2, 0) is 0 Å². The van der Waals surface area contributed by atoms with E-state index in [1.54, 1.807) is 0 Å². The number of nitrogens with one attached hydrogen (secondary N) is 1. The number of benzene rings is 1. The van der Waals surface area contributed by atoms with Gasteiger partial charge in [-0.25, -0.2) is 0 Å². The predicted octanol–water partition coefficient (Wildman–Crippen LogP) is 4.95. The monoisotopic (exact) mass is 277 g/mol. The van der Waals surface area contributed by atoms with E-state index < -0.39 is 0 Å². The first-order chi connectivity index (χ1) is 9.67. The summed E-state index contributed by atoms with van der Waals surface area (Å²) in [5.74, 6) is 1.74.